The second-order valence-electron chi connectivity index (χ2n) is 36.5. The summed E-state index contributed by atoms with van der Waals surface area (Å²) in [6.07, 6.45) is 16.9. The average Bonchev–Trinajstić information content (AvgIpc) is 1.60. The minimum atomic E-state index is -3.66. The average molecular weight is 1930 g/mol. The number of sulfonamides is 4. The van der Waals surface area contributed by atoms with E-state index in [2.05, 4.69) is 79.8 Å². The van der Waals surface area contributed by atoms with E-state index >= 15 is 0 Å². The molecule has 5 fully saturated rings. The molecule has 9 aliphatic rings. The monoisotopic (exact) mass is 1930 g/mol. The van der Waals surface area contributed by atoms with Crippen LogP contribution in [0.4, 0.5) is 0 Å². The number of fused-ring (bicyclic) bond motifs is 8. The van der Waals surface area contributed by atoms with Gasteiger partial charge in [0.2, 0.25) is 20.0 Å². The molecule has 8 aromatic carbocycles. The van der Waals surface area contributed by atoms with E-state index < -0.39 is 40.1 Å². The van der Waals surface area contributed by atoms with Crippen LogP contribution in [0, 0.1) is 26.7 Å². The van der Waals surface area contributed by atoms with Gasteiger partial charge in [-0.15, -0.1) is 0 Å². The zero-order valence-corrected chi connectivity index (χ0v) is 80.0. The molecule has 4 atom stereocenters. The first-order chi connectivity index (χ1) is 62.1. The van der Waals surface area contributed by atoms with E-state index in [0.29, 0.717) is 171 Å². The van der Waals surface area contributed by atoms with Gasteiger partial charge in [-0.1, -0.05) is 188 Å². The number of hydrogen-bond acceptors (Lipinski definition) is 14. The van der Waals surface area contributed by atoms with E-state index in [9.17, 15) is 52.8 Å². The standard InChI is InChI=1S/C25H27ClN4O3S.C25H29ClN2O3S.C24H25ClN4O3S.C24H29ClN2O3S.CH4/c1-17-7-8-19(21(26)13-17)24(31)28-22-14-18-5-3-4-6-20(18)25(22)9-11-30(12-10-25)34(32,33)23-15-29(2)16-27-23;1-17-6-9-20(22(26)14-17)24(29)27-23-15-19-4-2-3-5-21(19)25(23)10-12-28(13-11-25)32(30,31)16-18-7-8-18;1-28-15-22(26-16-28)33(31,32)29-12-10-24(11-13-29)19-8-4-2-6-17(19)14-21(24)27-23(30)18-7-3-5-9-20(18)25;1-3-14-31(29,30)27-12-10-24(11-13-27)20-7-5-4-6-18(20)16-22(24)26-23(28)19-9-8-17(2)15-21(19)25;/h3-8,13,15-16,22H,9-12,14H2,1-2H3,(H,28,31);2-6,9,14,18,23H,7-8,10-13,15-16H2,1H3,(H,27,29);2-9,15-16,21H,10-14H2,1H3,(H,27,30);4-9,15,22H,3,10-14,16H2,1-2H3,(H,26,28);1H4. The molecule has 4 saturated heterocycles. The second-order valence-corrected chi connectivity index (χ2v) is 46.0. The third kappa shape index (κ3) is 19.6. The number of rotatable bonds is 18. The summed E-state index contributed by atoms with van der Waals surface area (Å²) < 4.78 is 113. The number of aromatic nitrogens is 4. The van der Waals surface area contributed by atoms with Gasteiger partial charge in [-0.25, -0.2) is 52.2 Å². The van der Waals surface area contributed by atoms with E-state index in [1.165, 1.54) is 78.2 Å². The molecule has 0 bridgehead atoms. The molecule has 10 aromatic rings. The topological polar surface area (TPSA) is 302 Å². The zero-order chi connectivity index (χ0) is 92.0. The van der Waals surface area contributed by atoms with Crippen LogP contribution in [0.1, 0.15) is 188 Å². The van der Waals surface area contributed by atoms with Crippen molar-refractivity contribution in [3.05, 3.63) is 305 Å². The summed E-state index contributed by atoms with van der Waals surface area (Å²) in [6.45, 7) is 11.1. The van der Waals surface area contributed by atoms with E-state index in [4.69, 9.17) is 46.4 Å². The van der Waals surface area contributed by atoms with Gasteiger partial charge >= 0.3 is 0 Å². The lowest BCUT2D eigenvalue weighted by molar-refractivity contribution is 0.0889. The van der Waals surface area contributed by atoms with Crippen molar-refractivity contribution in [2.24, 2.45) is 20.0 Å². The number of piperidine rings is 4. The van der Waals surface area contributed by atoms with Crippen LogP contribution in [0.2, 0.25) is 20.1 Å². The van der Waals surface area contributed by atoms with E-state index in [-0.39, 0.29) is 98.4 Å². The van der Waals surface area contributed by atoms with Crippen molar-refractivity contribution in [1.82, 2.24) is 57.6 Å². The first-order valence-electron chi connectivity index (χ1n) is 44.6. The molecule has 694 valence electrons. The Hall–Kier alpha value is -9.14. The molecule has 0 radical (unpaired) electrons. The molecular formula is C99H114Cl4N12O12S4. The molecule has 4 aliphatic heterocycles. The van der Waals surface area contributed by atoms with Gasteiger partial charge in [-0.2, -0.15) is 8.61 Å². The van der Waals surface area contributed by atoms with Crippen molar-refractivity contribution in [3.63, 3.8) is 0 Å². The second kappa shape index (κ2) is 39.1. The summed E-state index contributed by atoms with van der Waals surface area (Å²) in [5.74, 6) is 0.0475. The Bertz CT molecular complexity index is 6460. The summed E-state index contributed by atoms with van der Waals surface area (Å²) in [4.78, 5) is 60.7. The smallest absolute Gasteiger partial charge is 0.262 e. The summed E-state index contributed by atoms with van der Waals surface area (Å²) in [7, 11) is -10.2. The molecule has 4 N–H and O–H groups in total. The summed E-state index contributed by atoms with van der Waals surface area (Å²) in [6, 6.07) is 56.0. The molecule has 19 rings (SSSR count). The molecule has 4 unspecified atom stereocenters. The van der Waals surface area contributed by atoms with Crippen molar-refractivity contribution in [3.8, 4) is 0 Å². The highest BCUT2D eigenvalue weighted by Crippen LogP contribution is 2.52. The van der Waals surface area contributed by atoms with Crippen LogP contribution in [-0.2, 0) is 102 Å². The van der Waals surface area contributed by atoms with Crippen molar-refractivity contribution in [2.45, 2.75) is 187 Å². The van der Waals surface area contributed by atoms with Gasteiger partial charge in [-0.05, 0) is 233 Å². The Morgan fingerprint density at radius 3 is 0.924 bits per heavy atom. The molecule has 6 heterocycles. The van der Waals surface area contributed by atoms with Gasteiger partial charge < -0.3 is 30.4 Å². The van der Waals surface area contributed by atoms with Gasteiger partial charge in [0.25, 0.3) is 43.7 Å². The third-order valence-corrected chi connectivity index (χ3v) is 37.4. The van der Waals surface area contributed by atoms with Gasteiger partial charge in [-0.3, -0.25) is 19.2 Å². The van der Waals surface area contributed by atoms with E-state index in [1.54, 1.807) is 92.5 Å². The number of halogens is 4. The van der Waals surface area contributed by atoms with Crippen molar-refractivity contribution in [2.75, 3.05) is 63.9 Å². The Kier molecular flexibility index (Phi) is 28.7. The van der Waals surface area contributed by atoms with Crippen LogP contribution in [0.15, 0.2) is 211 Å². The zero-order valence-electron chi connectivity index (χ0n) is 73.7. The highest BCUT2D eigenvalue weighted by atomic mass is 35.5. The molecule has 2 aromatic heterocycles. The lowest BCUT2D eigenvalue weighted by Crippen LogP contribution is -2.54. The number of nitrogens with one attached hydrogen (secondary N) is 4. The Labute approximate surface area is 790 Å². The van der Waals surface area contributed by atoms with Crippen molar-refractivity contribution >= 4 is 110 Å². The molecule has 131 heavy (non-hydrogen) atoms. The maximum atomic E-state index is 13.2. The fourth-order valence-electron chi connectivity index (χ4n) is 21.3. The minimum Gasteiger partial charge on any atom is -0.348 e. The van der Waals surface area contributed by atoms with Crippen LogP contribution < -0.4 is 21.3 Å². The predicted molar refractivity (Wildman–Crippen MR) is 514 cm³/mol. The van der Waals surface area contributed by atoms with Gasteiger partial charge in [0.1, 0.15) is 0 Å². The van der Waals surface area contributed by atoms with Crippen molar-refractivity contribution < 1.29 is 52.8 Å². The van der Waals surface area contributed by atoms with Gasteiger partial charge in [0.15, 0.2) is 10.1 Å². The highest BCUT2D eigenvalue weighted by Gasteiger charge is 2.55. The quantitative estimate of drug-likeness (QED) is 0.0621. The number of carbonyl (C=O) groups excluding carboxylic acids is 4. The van der Waals surface area contributed by atoms with Crippen molar-refractivity contribution in [1.29, 1.82) is 0 Å². The summed E-state index contributed by atoms with van der Waals surface area (Å²) in [5.41, 5.74) is 13.4. The highest BCUT2D eigenvalue weighted by molar-refractivity contribution is 7.89. The fourth-order valence-corrected chi connectivity index (χ4v) is 28.7. The lowest BCUT2D eigenvalue weighted by Gasteiger charge is -2.43. The normalized spacial score (nSPS) is 20.6. The number of amides is 4. The maximum Gasteiger partial charge on any atom is 0.262 e. The Morgan fingerprint density at radius 2 is 0.649 bits per heavy atom. The molecule has 4 amide bonds. The number of nitrogens with zero attached hydrogens (tertiary/aromatic N) is 8. The summed E-state index contributed by atoms with van der Waals surface area (Å²) in [5, 5.41) is 14.9. The molecule has 5 aliphatic carbocycles. The molecule has 1 saturated carbocycles. The van der Waals surface area contributed by atoms with E-state index in [1.807, 2.05) is 94.4 Å². The maximum absolute atomic E-state index is 13.2. The third-order valence-electron chi connectivity index (χ3n) is 28.4. The van der Waals surface area contributed by atoms with E-state index in [0.717, 1.165) is 42.4 Å². The first kappa shape index (κ1) is 96.4. The lowest BCUT2D eigenvalue weighted by atomic mass is 9.71. The number of imidazole rings is 2. The fraction of sp³-hybridized carbons (Fsp3) is 0.414. The number of carbonyl (C=O) groups is 4. The molecule has 32 heteroatoms. The summed E-state index contributed by atoms with van der Waals surface area (Å²) >= 11 is 25.3. The molecule has 24 nitrogen and oxygen atoms in total. The predicted octanol–water partition coefficient (Wildman–Crippen LogP) is 15.4. The number of benzene rings is 8. The largest absolute Gasteiger partial charge is 0.348 e. The minimum absolute atomic E-state index is 0. The van der Waals surface area contributed by atoms with Crippen LogP contribution in [0.25, 0.3) is 0 Å². The Balaban J connectivity index is 0.000000133. The SMILES string of the molecule is C.CCCS(=O)(=O)N1CCC2(CC1)c1ccccc1CC2NC(=O)c1ccc(C)cc1Cl.Cc1ccc(C(=O)NC2Cc3ccccc3C23CCN(S(=O)(=O)CC2CC2)CC3)c(Cl)c1.Cc1ccc(C(=O)NC2Cc3ccccc3C23CCN(S(=O)(=O)c2cn(C)cn2)CC3)c(Cl)c1.Cn1cnc(S(=O)(=O)N2CCC3(CC2)c2ccccc2CC3NC(=O)c2ccccc2Cl)c1. The van der Waals surface area contributed by atoms with Gasteiger partial charge in [0, 0.05) is 125 Å². The first-order valence-corrected chi connectivity index (χ1v) is 52.2. The molecule has 4 spiro atoms. The number of hydrogen-bond donors (Lipinski definition) is 4. The van der Waals surface area contributed by atoms with Gasteiger partial charge in [0.05, 0.1) is 66.5 Å². The van der Waals surface area contributed by atoms with Crippen LogP contribution >= 0.6 is 46.4 Å². The molecular weight excluding hydrogens is 1820 g/mol. The number of aryl methyl sites for hydroxylation is 5. The van der Waals surface area contributed by atoms with Crippen LogP contribution in [-0.4, -0.2) is 182 Å². The van der Waals surface area contributed by atoms with Crippen LogP contribution in [0.5, 0.6) is 0 Å². The van der Waals surface area contributed by atoms with Crippen LogP contribution in [0.3, 0.4) is 0 Å². The Morgan fingerprint density at radius 1 is 0.374 bits per heavy atom.